The number of carboxylic acid groups (broad SMARTS) is 1. The van der Waals surface area contributed by atoms with Gasteiger partial charge in [-0.3, -0.25) is 4.57 Å². The Balaban J connectivity index is 3.06. The first-order valence-electron chi connectivity index (χ1n) is 7.85. The second-order valence-electron chi connectivity index (χ2n) is 5.77. The fraction of sp³-hybridized carbons (Fsp3) is 0.471. The van der Waals surface area contributed by atoms with E-state index < -0.39 is 25.7 Å². The van der Waals surface area contributed by atoms with Crippen LogP contribution in [-0.2, 0) is 9.36 Å². The van der Waals surface area contributed by atoms with E-state index in [0.29, 0.717) is 6.42 Å². The fourth-order valence-electron chi connectivity index (χ4n) is 2.75. The van der Waals surface area contributed by atoms with E-state index >= 15 is 0 Å². The van der Waals surface area contributed by atoms with Crippen molar-refractivity contribution in [3.05, 3.63) is 47.5 Å². The van der Waals surface area contributed by atoms with E-state index in [1.165, 1.54) is 0 Å². The van der Waals surface area contributed by atoms with E-state index in [9.17, 15) is 19.4 Å². The molecule has 0 aliphatic carbocycles. The zero-order chi connectivity index (χ0) is 17.4. The summed E-state index contributed by atoms with van der Waals surface area (Å²) in [6.07, 6.45) is 3.98. The average Bonchev–Trinajstić information content (AvgIpc) is 2.49. The van der Waals surface area contributed by atoms with Crippen LogP contribution in [0.2, 0.25) is 0 Å². The molecule has 1 aromatic carbocycles. The molecule has 1 aromatic rings. The molecule has 0 fully saturated rings. The van der Waals surface area contributed by atoms with Crippen LogP contribution in [-0.4, -0.2) is 27.7 Å². The van der Waals surface area contributed by atoms with Crippen LogP contribution in [0, 0.1) is 0 Å². The van der Waals surface area contributed by atoms with E-state index in [0.717, 1.165) is 18.4 Å². The Morgan fingerprint density at radius 2 is 1.96 bits per heavy atom. The molecule has 0 saturated heterocycles. The molecule has 4 N–H and O–H groups in total. The Morgan fingerprint density at radius 3 is 2.39 bits per heavy atom. The minimum Gasteiger partial charge on any atom is -0.478 e. The highest BCUT2D eigenvalue weighted by Crippen LogP contribution is 2.33. The molecule has 23 heavy (non-hydrogen) atoms. The third kappa shape index (κ3) is 5.94. The molecule has 0 bridgehead atoms. The number of nitrogens with two attached hydrogens (primary N) is 1. The molecular formula is C17H26NO4P. The molecule has 0 saturated carbocycles. The number of hydrogen-bond acceptors (Lipinski definition) is 3. The van der Waals surface area contributed by atoms with Crippen LogP contribution >= 0.6 is 8.03 Å². The molecule has 0 aromatic heterocycles. The topological polar surface area (TPSA) is 101 Å². The third-order valence-electron chi connectivity index (χ3n) is 3.90. The first kappa shape index (κ1) is 19.6. The lowest BCUT2D eigenvalue weighted by molar-refractivity contribution is -0.132. The largest absolute Gasteiger partial charge is 0.478 e. The first-order chi connectivity index (χ1) is 10.9. The molecule has 0 radical (unpaired) electrons. The van der Waals surface area contributed by atoms with Crippen LogP contribution in [0.4, 0.5) is 0 Å². The molecule has 5 nitrogen and oxygen atoms in total. The summed E-state index contributed by atoms with van der Waals surface area (Å²) in [5.41, 5.74) is 5.79. The van der Waals surface area contributed by atoms with Crippen molar-refractivity contribution in [2.45, 2.75) is 50.7 Å². The number of rotatable bonds is 9. The molecule has 0 aliphatic rings. The highest BCUT2D eigenvalue weighted by molar-refractivity contribution is 7.39. The zero-order valence-electron chi connectivity index (χ0n) is 13.6. The maximum atomic E-state index is 11.5. The van der Waals surface area contributed by atoms with Crippen molar-refractivity contribution in [1.82, 2.24) is 0 Å². The molecule has 0 heterocycles. The third-order valence-corrected chi connectivity index (χ3v) is 5.27. The predicted octanol–water partition coefficient (Wildman–Crippen LogP) is 3.15. The SMILES string of the molecule is CCCC(CC=C(C(=O)O)C(C(C)N)[PH](=O)O)c1ccccc1. The molecular weight excluding hydrogens is 313 g/mol. The van der Waals surface area contributed by atoms with Crippen LogP contribution in [0.3, 0.4) is 0 Å². The molecule has 1 rings (SSSR count). The first-order valence-corrected chi connectivity index (χ1v) is 9.28. The normalized spacial score (nSPS) is 17.3. The lowest BCUT2D eigenvalue weighted by atomic mass is 9.90. The Bertz CT molecular complexity index is 557. The monoisotopic (exact) mass is 339 g/mol. The van der Waals surface area contributed by atoms with Gasteiger partial charge >= 0.3 is 5.97 Å². The van der Waals surface area contributed by atoms with Gasteiger partial charge in [0.15, 0.2) is 8.03 Å². The molecule has 4 atom stereocenters. The van der Waals surface area contributed by atoms with Crippen LogP contribution in [0.15, 0.2) is 42.0 Å². The number of aliphatic carboxylic acids is 1. The van der Waals surface area contributed by atoms with Gasteiger partial charge in [0.2, 0.25) is 0 Å². The maximum Gasteiger partial charge on any atom is 0.332 e. The summed E-state index contributed by atoms with van der Waals surface area (Å²) in [6.45, 7) is 3.63. The second kappa shape index (κ2) is 9.66. The van der Waals surface area contributed by atoms with Crippen molar-refractivity contribution >= 4 is 14.0 Å². The minimum absolute atomic E-state index is 0.0524. The van der Waals surface area contributed by atoms with Gasteiger partial charge in [0, 0.05) is 11.6 Å². The van der Waals surface area contributed by atoms with Gasteiger partial charge in [0.05, 0.1) is 5.66 Å². The van der Waals surface area contributed by atoms with Gasteiger partial charge < -0.3 is 15.7 Å². The molecule has 0 amide bonds. The molecule has 0 aliphatic heterocycles. The quantitative estimate of drug-likeness (QED) is 0.474. The Kier molecular flexibility index (Phi) is 8.24. The van der Waals surface area contributed by atoms with Crippen molar-refractivity contribution in [2.24, 2.45) is 5.73 Å². The van der Waals surface area contributed by atoms with Crippen LogP contribution < -0.4 is 5.73 Å². The van der Waals surface area contributed by atoms with Crippen molar-refractivity contribution in [1.29, 1.82) is 0 Å². The van der Waals surface area contributed by atoms with Gasteiger partial charge in [-0.2, -0.15) is 0 Å². The molecule has 6 heteroatoms. The van der Waals surface area contributed by atoms with Gasteiger partial charge in [-0.15, -0.1) is 0 Å². The summed E-state index contributed by atoms with van der Waals surface area (Å²) in [7, 11) is -3.06. The Morgan fingerprint density at radius 1 is 1.35 bits per heavy atom. The average molecular weight is 339 g/mol. The van der Waals surface area contributed by atoms with Gasteiger partial charge in [-0.25, -0.2) is 4.79 Å². The van der Waals surface area contributed by atoms with Gasteiger partial charge in [-0.05, 0) is 31.2 Å². The smallest absolute Gasteiger partial charge is 0.332 e. The summed E-state index contributed by atoms with van der Waals surface area (Å²) in [5, 5.41) is 9.40. The summed E-state index contributed by atoms with van der Waals surface area (Å²) in [5.74, 6) is -0.992. The minimum atomic E-state index is -3.06. The number of benzene rings is 1. The van der Waals surface area contributed by atoms with Crippen molar-refractivity contribution in [2.75, 3.05) is 0 Å². The number of carbonyl (C=O) groups is 1. The van der Waals surface area contributed by atoms with E-state index in [1.807, 2.05) is 30.3 Å². The van der Waals surface area contributed by atoms with E-state index in [4.69, 9.17) is 5.73 Å². The highest BCUT2D eigenvalue weighted by Gasteiger charge is 2.28. The Hall–Kier alpha value is -1.42. The lowest BCUT2D eigenvalue weighted by Gasteiger charge is -2.20. The summed E-state index contributed by atoms with van der Waals surface area (Å²) in [4.78, 5) is 20.9. The van der Waals surface area contributed by atoms with Gasteiger partial charge in [0.1, 0.15) is 0 Å². The van der Waals surface area contributed by atoms with Gasteiger partial charge in [0.25, 0.3) is 0 Å². The van der Waals surface area contributed by atoms with Crippen molar-refractivity contribution in [3.8, 4) is 0 Å². The number of hydrogen-bond donors (Lipinski definition) is 3. The van der Waals surface area contributed by atoms with E-state index in [1.54, 1.807) is 13.0 Å². The van der Waals surface area contributed by atoms with Gasteiger partial charge in [-0.1, -0.05) is 49.8 Å². The maximum absolute atomic E-state index is 11.5. The summed E-state index contributed by atoms with van der Waals surface area (Å²) < 4.78 is 11.5. The van der Waals surface area contributed by atoms with E-state index in [2.05, 4.69) is 6.92 Å². The van der Waals surface area contributed by atoms with Crippen LogP contribution in [0.25, 0.3) is 0 Å². The molecule has 0 spiro atoms. The predicted molar refractivity (Wildman–Crippen MR) is 93.1 cm³/mol. The van der Waals surface area contributed by atoms with Crippen molar-refractivity contribution < 1.29 is 19.4 Å². The second-order valence-corrected chi connectivity index (χ2v) is 7.07. The number of carboxylic acids is 1. The standard InChI is InChI=1S/C17H26NO4P/c1-3-7-13(14-8-5-4-6-9-14)10-11-15(17(19)20)16(12(2)18)23(21)22/h4-6,8-9,11-13,16,23H,3,7,10,18H2,1-2H3,(H,19,20)(H,21,22). The molecule has 4 unspecified atom stereocenters. The fourth-order valence-corrected chi connectivity index (χ4v) is 3.71. The highest BCUT2D eigenvalue weighted by atomic mass is 31.1. The van der Waals surface area contributed by atoms with Crippen LogP contribution in [0.1, 0.15) is 44.6 Å². The zero-order valence-corrected chi connectivity index (χ0v) is 14.6. The van der Waals surface area contributed by atoms with Crippen molar-refractivity contribution in [3.63, 3.8) is 0 Å². The molecule has 128 valence electrons. The number of allylic oxidation sites excluding steroid dienone is 1. The van der Waals surface area contributed by atoms with E-state index in [-0.39, 0.29) is 11.5 Å². The lowest BCUT2D eigenvalue weighted by Crippen LogP contribution is -2.33. The summed E-state index contributed by atoms with van der Waals surface area (Å²) in [6, 6.07) is 9.21. The van der Waals surface area contributed by atoms with Crippen LogP contribution in [0.5, 0.6) is 0 Å². The Labute approximate surface area is 138 Å². The summed E-state index contributed by atoms with van der Waals surface area (Å²) >= 11 is 0.